The van der Waals surface area contributed by atoms with E-state index in [4.69, 9.17) is 5.73 Å². The third-order valence-corrected chi connectivity index (χ3v) is 9.70. The number of carbonyl (C=O) groups is 5. The fourth-order valence-corrected chi connectivity index (χ4v) is 7.43. The molecular weight excluding hydrogens is 552 g/mol. The van der Waals surface area contributed by atoms with Crippen LogP contribution in [0.5, 0.6) is 0 Å². The summed E-state index contributed by atoms with van der Waals surface area (Å²) in [4.78, 5) is 78.1. The van der Waals surface area contributed by atoms with Crippen molar-refractivity contribution < 1.29 is 24.0 Å². The van der Waals surface area contributed by atoms with Crippen molar-refractivity contribution in [3.63, 3.8) is 0 Å². The van der Waals surface area contributed by atoms with Crippen molar-refractivity contribution in [1.29, 1.82) is 0 Å². The van der Waals surface area contributed by atoms with E-state index in [0.717, 1.165) is 75.1 Å². The van der Waals surface area contributed by atoms with Crippen LogP contribution >= 0.6 is 0 Å². The molecule has 0 aliphatic carbocycles. The summed E-state index contributed by atoms with van der Waals surface area (Å²) in [5.74, 6) is 0.0514. The molecule has 4 saturated heterocycles. The highest BCUT2D eigenvalue weighted by atomic mass is 16.2. The number of hydrogen-bond donors (Lipinski definition) is 2. The summed E-state index contributed by atoms with van der Waals surface area (Å²) in [5, 5.41) is 2.24. The molecule has 4 fully saturated rings. The van der Waals surface area contributed by atoms with Gasteiger partial charge in [-0.1, -0.05) is 0 Å². The summed E-state index contributed by atoms with van der Waals surface area (Å²) in [6.07, 6.45) is 5.42. The van der Waals surface area contributed by atoms with Crippen LogP contribution in [-0.4, -0.2) is 101 Å². The fourth-order valence-electron chi connectivity index (χ4n) is 7.43. The quantitative estimate of drug-likeness (QED) is 0.449. The molecule has 43 heavy (non-hydrogen) atoms. The highest BCUT2D eigenvalue weighted by Gasteiger charge is 2.45. The lowest BCUT2D eigenvalue weighted by Gasteiger charge is -2.35. The van der Waals surface area contributed by atoms with E-state index in [1.54, 1.807) is 18.3 Å². The van der Waals surface area contributed by atoms with Gasteiger partial charge in [-0.3, -0.25) is 34.2 Å². The molecule has 0 saturated carbocycles. The number of benzene rings is 1. The van der Waals surface area contributed by atoms with E-state index in [0.29, 0.717) is 28.9 Å². The van der Waals surface area contributed by atoms with Gasteiger partial charge in [0, 0.05) is 57.9 Å². The van der Waals surface area contributed by atoms with Crippen LogP contribution < -0.4 is 20.9 Å². The second kappa shape index (κ2) is 10.7. The molecule has 7 rings (SSSR count). The average Bonchev–Trinajstić information content (AvgIpc) is 3.64. The Morgan fingerprint density at radius 2 is 1.60 bits per heavy atom. The van der Waals surface area contributed by atoms with Crippen molar-refractivity contribution in [2.75, 3.05) is 55.6 Å². The first-order valence-electron chi connectivity index (χ1n) is 14.9. The maximum atomic E-state index is 13.2. The molecule has 3 atom stereocenters. The molecule has 13 nitrogen and oxygen atoms in total. The van der Waals surface area contributed by atoms with Gasteiger partial charge in [-0.15, -0.1) is 0 Å². The molecule has 0 bridgehead atoms. The Labute approximate surface area is 248 Å². The van der Waals surface area contributed by atoms with E-state index in [1.165, 1.54) is 6.20 Å². The standard InChI is InChI=1S/C30H34N8O5/c31-27(40)23-10-33-25(11-32-23)37-15-18-13-35(14-19(18)16-37)12-17-5-7-36(8-6-17)20-1-2-21-22(9-20)30(43)38(29(21)42)24-3-4-26(39)34-28(24)41/h1-2,9-11,17-19,24H,3-8,12-16H2,(H2,31,40)(H,34,39,41). The highest BCUT2D eigenvalue weighted by molar-refractivity contribution is 6.23. The number of nitrogens with one attached hydrogen (secondary N) is 1. The Balaban J connectivity index is 0.913. The Hall–Kier alpha value is -4.39. The van der Waals surface area contributed by atoms with Crippen LogP contribution in [0.15, 0.2) is 30.6 Å². The van der Waals surface area contributed by atoms with Crippen LogP contribution in [0.4, 0.5) is 11.5 Å². The molecule has 2 aromatic rings. The Kier molecular flexibility index (Phi) is 6.83. The maximum absolute atomic E-state index is 13.2. The molecule has 0 radical (unpaired) electrons. The number of primary amides is 1. The first-order chi connectivity index (χ1) is 20.7. The van der Waals surface area contributed by atoms with Crippen molar-refractivity contribution in [2.24, 2.45) is 23.5 Å². The first kappa shape index (κ1) is 27.4. The van der Waals surface area contributed by atoms with Crippen LogP contribution in [0, 0.1) is 17.8 Å². The van der Waals surface area contributed by atoms with E-state index in [1.807, 2.05) is 6.07 Å². The molecule has 3 unspecified atom stereocenters. The largest absolute Gasteiger partial charge is 0.371 e. The number of piperidine rings is 2. The van der Waals surface area contributed by atoms with Gasteiger partial charge in [-0.05, 0) is 55.2 Å². The predicted octanol–water partition coefficient (Wildman–Crippen LogP) is 0.261. The number of hydrogen-bond acceptors (Lipinski definition) is 10. The van der Waals surface area contributed by atoms with Crippen LogP contribution in [0.3, 0.4) is 0 Å². The minimum atomic E-state index is -0.957. The smallest absolute Gasteiger partial charge is 0.268 e. The zero-order valence-corrected chi connectivity index (χ0v) is 23.8. The highest BCUT2D eigenvalue weighted by Crippen LogP contribution is 2.35. The zero-order chi connectivity index (χ0) is 29.8. The lowest BCUT2D eigenvalue weighted by atomic mass is 9.95. The van der Waals surface area contributed by atoms with Crippen molar-refractivity contribution in [2.45, 2.75) is 31.7 Å². The second-order valence-electron chi connectivity index (χ2n) is 12.4. The number of fused-ring (bicyclic) bond motifs is 2. The SMILES string of the molecule is NC(=O)c1cnc(N2CC3CN(CC4CCN(c5ccc6c(c5)C(=O)N(C5CCC(=O)NC5=O)C6=O)CC4)CC3C2)cn1. The molecule has 224 valence electrons. The molecule has 13 heteroatoms. The van der Waals surface area contributed by atoms with Crippen LogP contribution in [0.1, 0.15) is 56.9 Å². The van der Waals surface area contributed by atoms with Gasteiger partial charge in [-0.2, -0.15) is 0 Å². The van der Waals surface area contributed by atoms with Crippen molar-refractivity contribution in [3.05, 3.63) is 47.4 Å². The topological polar surface area (TPSA) is 162 Å². The van der Waals surface area contributed by atoms with Crippen molar-refractivity contribution >= 4 is 41.0 Å². The maximum Gasteiger partial charge on any atom is 0.268 e. The number of rotatable bonds is 6. The molecule has 1 aromatic heterocycles. The summed E-state index contributed by atoms with van der Waals surface area (Å²) in [5.41, 5.74) is 6.99. The van der Waals surface area contributed by atoms with Gasteiger partial charge in [0.1, 0.15) is 17.6 Å². The summed E-state index contributed by atoms with van der Waals surface area (Å²) >= 11 is 0. The van der Waals surface area contributed by atoms with Gasteiger partial charge in [0.05, 0.1) is 23.5 Å². The summed E-state index contributed by atoms with van der Waals surface area (Å²) in [6.45, 7) is 6.83. The van der Waals surface area contributed by atoms with Gasteiger partial charge in [0.15, 0.2) is 0 Å². The second-order valence-corrected chi connectivity index (χ2v) is 12.4. The third-order valence-electron chi connectivity index (χ3n) is 9.70. The Bertz CT molecular complexity index is 1490. The molecule has 3 N–H and O–H groups in total. The normalized spacial score (nSPS) is 26.2. The summed E-state index contributed by atoms with van der Waals surface area (Å²) in [6, 6.07) is 4.40. The van der Waals surface area contributed by atoms with Gasteiger partial charge in [0.2, 0.25) is 11.8 Å². The third kappa shape index (κ3) is 5.01. The number of amides is 5. The lowest BCUT2D eigenvalue weighted by Crippen LogP contribution is -2.54. The lowest BCUT2D eigenvalue weighted by molar-refractivity contribution is -0.136. The Morgan fingerprint density at radius 1 is 0.884 bits per heavy atom. The zero-order valence-electron chi connectivity index (χ0n) is 23.8. The number of anilines is 2. The van der Waals surface area contributed by atoms with Crippen LogP contribution in [-0.2, 0) is 9.59 Å². The van der Waals surface area contributed by atoms with Crippen molar-refractivity contribution in [1.82, 2.24) is 25.1 Å². The van der Waals surface area contributed by atoms with Gasteiger partial charge in [0.25, 0.3) is 17.7 Å². The predicted molar refractivity (Wildman–Crippen MR) is 154 cm³/mol. The minimum Gasteiger partial charge on any atom is -0.371 e. The Morgan fingerprint density at radius 3 is 2.26 bits per heavy atom. The van der Waals surface area contributed by atoms with E-state index < -0.39 is 29.7 Å². The van der Waals surface area contributed by atoms with Gasteiger partial charge < -0.3 is 20.4 Å². The molecule has 0 spiro atoms. The van der Waals surface area contributed by atoms with Crippen LogP contribution in [0.2, 0.25) is 0 Å². The summed E-state index contributed by atoms with van der Waals surface area (Å²) < 4.78 is 0. The minimum absolute atomic E-state index is 0.102. The molecular formula is C30H34N8O5. The van der Waals surface area contributed by atoms with Gasteiger partial charge in [-0.25, -0.2) is 9.97 Å². The molecule has 5 aliphatic heterocycles. The van der Waals surface area contributed by atoms with E-state index in [-0.39, 0.29) is 24.4 Å². The molecule has 6 heterocycles. The number of imide groups is 2. The summed E-state index contributed by atoms with van der Waals surface area (Å²) in [7, 11) is 0. The van der Waals surface area contributed by atoms with E-state index >= 15 is 0 Å². The number of likely N-dealkylation sites (tertiary alicyclic amines) is 1. The van der Waals surface area contributed by atoms with Crippen LogP contribution in [0.25, 0.3) is 0 Å². The molecule has 5 amide bonds. The molecule has 1 aromatic carbocycles. The van der Waals surface area contributed by atoms with E-state index in [9.17, 15) is 24.0 Å². The van der Waals surface area contributed by atoms with Crippen molar-refractivity contribution in [3.8, 4) is 0 Å². The number of carbonyl (C=O) groups excluding carboxylic acids is 5. The van der Waals surface area contributed by atoms with Gasteiger partial charge >= 0.3 is 0 Å². The number of aromatic nitrogens is 2. The number of nitrogens with two attached hydrogens (primary N) is 1. The average molecular weight is 587 g/mol. The van der Waals surface area contributed by atoms with E-state index in [2.05, 4.69) is 30.0 Å². The monoisotopic (exact) mass is 586 g/mol. The molecule has 5 aliphatic rings. The fraction of sp³-hybridized carbons (Fsp3) is 0.500. The first-order valence-corrected chi connectivity index (χ1v) is 14.9. The number of nitrogens with zero attached hydrogens (tertiary/aromatic N) is 6.